The number of carbonyl (C=O) groups is 3. The topological polar surface area (TPSA) is 66.9 Å². The number of benzene rings is 1. The molecule has 0 saturated carbocycles. The molecule has 1 aliphatic rings. The van der Waals surface area contributed by atoms with Gasteiger partial charge in [-0.2, -0.15) is 0 Å². The summed E-state index contributed by atoms with van der Waals surface area (Å²) in [5.41, 5.74) is -0.192. The Bertz CT molecular complexity index is 699. The SMILES string of the molecule is CCN(CC)C(=O)COC(=O)C1CCN(C(=O)c2ccc(F)cc2F)CC1. The van der Waals surface area contributed by atoms with Gasteiger partial charge in [0.1, 0.15) is 11.6 Å². The predicted octanol–water partition coefficient (Wildman–Crippen LogP) is 2.23. The molecule has 0 spiro atoms. The Labute approximate surface area is 157 Å². The zero-order valence-corrected chi connectivity index (χ0v) is 15.5. The Morgan fingerprint density at radius 3 is 2.33 bits per heavy atom. The van der Waals surface area contributed by atoms with Gasteiger partial charge in [0, 0.05) is 32.2 Å². The third-order valence-electron chi connectivity index (χ3n) is 4.73. The van der Waals surface area contributed by atoms with Crippen molar-refractivity contribution in [2.45, 2.75) is 26.7 Å². The lowest BCUT2D eigenvalue weighted by Crippen LogP contribution is -2.41. The Kier molecular flexibility index (Phi) is 7.27. The number of carbonyl (C=O) groups excluding carboxylic acids is 3. The molecule has 27 heavy (non-hydrogen) atoms. The van der Waals surface area contributed by atoms with E-state index in [9.17, 15) is 23.2 Å². The minimum Gasteiger partial charge on any atom is -0.455 e. The average molecular weight is 382 g/mol. The van der Waals surface area contributed by atoms with Crippen LogP contribution in [0.3, 0.4) is 0 Å². The first-order valence-corrected chi connectivity index (χ1v) is 9.06. The maximum Gasteiger partial charge on any atom is 0.309 e. The Hall–Kier alpha value is -2.51. The summed E-state index contributed by atoms with van der Waals surface area (Å²) in [6.45, 7) is 5.03. The number of nitrogens with zero attached hydrogens (tertiary/aromatic N) is 2. The first-order chi connectivity index (χ1) is 12.9. The van der Waals surface area contributed by atoms with Crippen molar-refractivity contribution >= 4 is 17.8 Å². The van der Waals surface area contributed by atoms with Gasteiger partial charge in [-0.3, -0.25) is 14.4 Å². The average Bonchev–Trinajstić information content (AvgIpc) is 2.66. The summed E-state index contributed by atoms with van der Waals surface area (Å²) >= 11 is 0. The molecule has 1 aromatic rings. The van der Waals surface area contributed by atoms with Crippen molar-refractivity contribution in [3.63, 3.8) is 0 Å². The van der Waals surface area contributed by atoms with E-state index in [2.05, 4.69) is 0 Å². The highest BCUT2D eigenvalue weighted by Crippen LogP contribution is 2.21. The number of amides is 2. The number of esters is 1. The van der Waals surface area contributed by atoms with Crippen molar-refractivity contribution in [2.24, 2.45) is 5.92 Å². The highest BCUT2D eigenvalue weighted by atomic mass is 19.1. The zero-order chi connectivity index (χ0) is 20.0. The molecule has 1 heterocycles. The Morgan fingerprint density at radius 2 is 1.78 bits per heavy atom. The first kappa shape index (κ1) is 20.8. The van der Waals surface area contributed by atoms with Gasteiger partial charge in [-0.05, 0) is 38.8 Å². The molecule has 0 unspecified atom stereocenters. The van der Waals surface area contributed by atoms with Gasteiger partial charge < -0.3 is 14.5 Å². The second kappa shape index (κ2) is 9.43. The third-order valence-corrected chi connectivity index (χ3v) is 4.73. The number of hydrogen-bond acceptors (Lipinski definition) is 4. The third kappa shape index (κ3) is 5.24. The fourth-order valence-electron chi connectivity index (χ4n) is 3.07. The lowest BCUT2D eigenvalue weighted by Gasteiger charge is -2.31. The minimum absolute atomic E-state index is 0.192. The second-order valence-corrected chi connectivity index (χ2v) is 6.36. The lowest BCUT2D eigenvalue weighted by atomic mass is 9.96. The summed E-state index contributed by atoms with van der Waals surface area (Å²) in [7, 11) is 0. The van der Waals surface area contributed by atoms with Gasteiger partial charge in [0.05, 0.1) is 11.5 Å². The van der Waals surface area contributed by atoms with Crippen LogP contribution in [-0.2, 0) is 14.3 Å². The van der Waals surface area contributed by atoms with Crippen LogP contribution in [0.4, 0.5) is 8.78 Å². The van der Waals surface area contributed by atoms with Gasteiger partial charge in [-0.1, -0.05) is 0 Å². The number of piperidine rings is 1. The Balaban J connectivity index is 1.84. The molecule has 148 valence electrons. The smallest absolute Gasteiger partial charge is 0.309 e. The monoisotopic (exact) mass is 382 g/mol. The molecule has 2 amide bonds. The van der Waals surface area contributed by atoms with Gasteiger partial charge in [0.25, 0.3) is 11.8 Å². The zero-order valence-electron chi connectivity index (χ0n) is 15.5. The summed E-state index contributed by atoms with van der Waals surface area (Å²) in [6, 6.07) is 2.82. The van der Waals surface area contributed by atoms with Crippen molar-refractivity contribution in [2.75, 3.05) is 32.8 Å². The Morgan fingerprint density at radius 1 is 1.15 bits per heavy atom. The van der Waals surface area contributed by atoms with Crippen molar-refractivity contribution in [3.8, 4) is 0 Å². The molecule has 0 atom stereocenters. The molecule has 1 fully saturated rings. The fourth-order valence-corrected chi connectivity index (χ4v) is 3.07. The molecular weight excluding hydrogens is 358 g/mol. The molecule has 0 N–H and O–H groups in total. The van der Waals surface area contributed by atoms with E-state index in [-0.39, 0.29) is 31.2 Å². The van der Waals surface area contributed by atoms with E-state index in [1.165, 1.54) is 4.90 Å². The number of rotatable bonds is 6. The van der Waals surface area contributed by atoms with Crippen molar-refractivity contribution in [1.29, 1.82) is 0 Å². The van der Waals surface area contributed by atoms with E-state index < -0.39 is 29.4 Å². The molecule has 0 bridgehead atoms. The van der Waals surface area contributed by atoms with E-state index in [0.717, 1.165) is 12.1 Å². The second-order valence-electron chi connectivity index (χ2n) is 6.36. The minimum atomic E-state index is -0.906. The maximum absolute atomic E-state index is 13.8. The summed E-state index contributed by atoms with van der Waals surface area (Å²) in [5, 5.41) is 0. The molecule has 8 heteroatoms. The predicted molar refractivity (Wildman–Crippen MR) is 93.9 cm³/mol. The standard InChI is InChI=1S/C19H24F2N2O4/c1-3-22(4-2)17(24)12-27-19(26)13-7-9-23(10-8-13)18(25)15-6-5-14(20)11-16(15)21/h5-6,11,13H,3-4,7-10,12H2,1-2H3. The van der Waals surface area contributed by atoms with Gasteiger partial charge in [0.2, 0.25) is 0 Å². The van der Waals surface area contributed by atoms with Crippen LogP contribution in [0.1, 0.15) is 37.0 Å². The molecule has 0 radical (unpaired) electrons. The highest BCUT2D eigenvalue weighted by molar-refractivity contribution is 5.94. The number of ether oxygens (including phenoxy) is 1. The van der Waals surface area contributed by atoms with E-state index in [1.54, 1.807) is 4.90 Å². The normalized spacial score (nSPS) is 14.7. The summed E-state index contributed by atoms with van der Waals surface area (Å²) in [6.07, 6.45) is 0.736. The molecule has 1 aromatic carbocycles. The summed E-state index contributed by atoms with van der Waals surface area (Å²) < 4.78 is 31.8. The van der Waals surface area contributed by atoms with E-state index in [4.69, 9.17) is 4.74 Å². The van der Waals surface area contributed by atoms with Crippen LogP contribution < -0.4 is 0 Å². The van der Waals surface area contributed by atoms with Crippen LogP contribution in [-0.4, -0.2) is 60.4 Å². The van der Waals surface area contributed by atoms with Gasteiger partial charge >= 0.3 is 5.97 Å². The largest absolute Gasteiger partial charge is 0.455 e. The van der Waals surface area contributed by atoms with Gasteiger partial charge in [-0.25, -0.2) is 8.78 Å². The first-order valence-electron chi connectivity index (χ1n) is 9.06. The number of halogens is 2. The molecule has 0 aliphatic carbocycles. The lowest BCUT2D eigenvalue weighted by molar-refractivity contribution is -0.156. The fraction of sp³-hybridized carbons (Fsp3) is 0.526. The van der Waals surface area contributed by atoms with Crippen molar-refractivity contribution in [3.05, 3.63) is 35.4 Å². The van der Waals surface area contributed by atoms with Crippen LogP contribution in [0.25, 0.3) is 0 Å². The van der Waals surface area contributed by atoms with Gasteiger partial charge in [0.15, 0.2) is 6.61 Å². The molecule has 6 nitrogen and oxygen atoms in total. The van der Waals surface area contributed by atoms with E-state index in [1.807, 2.05) is 13.8 Å². The van der Waals surface area contributed by atoms with Crippen LogP contribution in [0.2, 0.25) is 0 Å². The van der Waals surface area contributed by atoms with Crippen molar-refractivity contribution < 1.29 is 27.9 Å². The highest BCUT2D eigenvalue weighted by Gasteiger charge is 2.30. The van der Waals surface area contributed by atoms with Crippen LogP contribution in [0.15, 0.2) is 18.2 Å². The van der Waals surface area contributed by atoms with E-state index in [0.29, 0.717) is 32.0 Å². The molecule has 1 aliphatic heterocycles. The molecule has 2 rings (SSSR count). The van der Waals surface area contributed by atoms with Crippen LogP contribution in [0, 0.1) is 17.6 Å². The maximum atomic E-state index is 13.8. The molecule has 0 aromatic heterocycles. The number of hydrogen-bond donors (Lipinski definition) is 0. The molecule has 1 saturated heterocycles. The molecular formula is C19H24F2N2O4. The quantitative estimate of drug-likeness (QED) is 0.708. The summed E-state index contributed by atoms with van der Waals surface area (Å²) in [4.78, 5) is 39.4. The van der Waals surface area contributed by atoms with Crippen LogP contribution >= 0.6 is 0 Å². The number of likely N-dealkylation sites (N-methyl/N-ethyl adjacent to an activating group) is 1. The van der Waals surface area contributed by atoms with Gasteiger partial charge in [-0.15, -0.1) is 0 Å². The van der Waals surface area contributed by atoms with Crippen molar-refractivity contribution in [1.82, 2.24) is 9.80 Å². The van der Waals surface area contributed by atoms with Crippen LogP contribution in [0.5, 0.6) is 0 Å². The van der Waals surface area contributed by atoms with E-state index >= 15 is 0 Å². The summed E-state index contributed by atoms with van der Waals surface area (Å²) in [5.74, 6) is -3.29. The number of likely N-dealkylation sites (tertiary alicyclic amines) is 1.